The molecule has 0 saturated carbocycles. The van der Waals surface area contributed by atoms with E-state index >= 15 is 0 Å². The molecule has 1 aromatic heterocycles. The molecule has 19 heavy (non-hydrogen) atoms. The van der Waals surface area contributed by atoms with Crippen molar-refractivity contribution < 1.29 is 4.79 Å². The number of carbonyl (C=O) groups excluding carboxylic acids is 1. The lowest BCUT2D eigenvalue weighted by Gasteiger charge is -2.03. The second-order valence-corrected chi connectivity index (χ2v) is 4.33. The summed E-state index contributed by atoms with van der Waals surface area (Å²) in [5.41, 5.74) is 4.49. The molecule has 1 amide bonds. The van der Waals surface area contributed by atoms with Gasteiger partial charge in [-0.2, -0.15) is 5.10 Å². The Hall–Kier alpha value is -2.20. The van der Waals surface area contributed by atoms with Gasteiger partial charge in [0, 0.05) is 17.4 Å². The molecule has 0 aliphatic carbocycles. The van der Waals surface area contributed by atoms with E-state index in [1.165, 1.54) is 6.20 Å². The molecule has 0 saturated heterocycles. The molecule has 2 rings (SSSR count). The van der Waals surface area contributed by atoms with Crippen LogP contribution in [0, 0.1) is 0 Å². The Balaban J connectivity index is 2.09. The van der Waals surface area contributed by atoms with Crippen molar-refractivity contribution in [3.8, 4) is 0 Å². The number of halogens is 1. The summed E-state index contributed by atoms with van der Waals surface area (Å²) in [6.07, 6.45) is 3.09. The van der Waals surface area contributed by atoms with Crippen LogP contribution in [0.4, 0.5) is 0 Å². The SMILES string of the molecule is C/C(=N\NC(=O)c1cccnc1)c1cccc(Cl)c1. The maximum atomic E-state index is 11.8. The number of benzene rings is 1. The van der Waals surface area contributed by atoms with Gasteiger partial charge in [-0.25, -0.2) is 5.43 Å². The first kappa shape index (κ1) is 13.2. The van der Waals surface area contributed by atoms with Gasteiger partial charge in [0.15, 0.2) is 0 Å². The van der Waals surface area contributed by atoms with Gasteiger partial charge in [0.25, 0.3) is 5.91 Å². The lowest BCUT2D eigenvalue weighted by molar-refractivity contribution is 0.0954. The van der Waals surface area contributed by atoms with E-state index in [0.717, 1.165) is 5.56 Å². The van der Waals surface area contributed by atoms with Crippen LogP contribution in [0.15, 0.2) is 53.9 Å². The van der Waals surface area contributed by atoms with Crippen molar-refractivity contribution >= 4 is 23.2 Å². The number of nitrogens with zero attached hydrogens (tertiary/aromatic N) is 2. The molecule has 0 spiro atoms. The quantitative estimate of drug-likeness (QED) is 0.690. The largest absolute Gasteiger partial charge is 0.272 e. The molecule has 0 aliphatic heterocycles. The summed E-state index contributed by atoms with van der Waals surface area (Å²) in [6.45, 7) is 1.80. The second kappa shape index (κ2) is 6.11. The minimum Gasteiger partial charge on any atom is -0.267 e. The first-order valence-electron chi connectivity index (χ1n) is 5.67. The molecule has 0 atom stereocenters. The predicted molar refractivity (Wildman–Crippen MR) is 75.4 cm³/mol. The molecule has 0 unspecified atom stereocenters. The van der Waals surface area contributed by atoms with Crippen LogP contribution in [0.5, 0.6) is 0 Å². The topological polar surface area (TPSA) is 54.4 Å². The van der Waals surface area contributed by atoms with E-state index < -0.39 is 0 Å². The first-order valence-corrected chi connectivity index (χ1v) is 6.05. The number of rotatable bonds is 3. The molecule has 0 bridgehead atoms. The van der Waals surface area contributed by atoms with Gasteiger partial charge in [-0.1, -0.05) is 23.7 Å². The fourth-order valence-corrected chi connectivity index (χ4v) is 1.66. The number of amides is 1. The molecule has 4 nitrogen and oxygen atoms in total. The van der Waals surface area contributed by atoms with Crippen LogP contribution in [0.3, 0.4) is 0 Å². The maximum Gasteiger partial charge on any atom is 0.272 e. The second-order valence-electron chi connectivity index (χ2n) is 3.89. The molecule has 0 fully saturated rings. The van der Waals surface area contributed by atoms with Gasteiger partial charge in [0.1, 0.15) is 0 Å². The van der Waals surface area contributed by atoms with E-state index in [4.69, 9.17) is 11.6 Å². The Morgan fingerprint density at radius 1 is 1.26 bits per heavy atom. The van der Waals surface area contributed by atoms with Crippen LogP contribution < -0.4 is 5.43 Å². The monoisotopic (exact) mass is 273 g/mol. The third-order valence-electron chi connectivity index (χ3n) is 2.49. The summed E-state index contributed by atoms with van der Waals surface area (Å²) in [6, 6.07) is 10.7. The summed E-state index contributed by atoms with van der Waals surface area (Å²) < 4.78 is 0. The van der Waals surface area contributed by atoms with Gasteiger partial charge in [0.2, 0.25) is 0 Å². The van der Waals surface area contributed by atoms with Crippen LogP contribution in [0.25, 0.3) is 0 Å². The Morgan fingerprint density at radius 3 is 2.74 bits per heavy atom. The first-order chi connectivity index (χ1) is 9.16. The number of nitrogens with one attached hydrogen (secondary N) is 1. The molecule has 1 aromatic carbocycles. The van der Waals surface area contributed by atoms with E-state index in [-0.39, 0.29) is 5.91 Å². The summed E-state index contributed by atoms with van der Waals surface area (Å²) in [7, 11) is 0. The summed E-state index contributed by atoms with van der Waals surface area (Å²) in [5.74, 6) is -0.297. The van der Waals surface area contributed by atoms with Crippen molar-refractivity contribution in [2.24, 2.45) is 5.10 Å². The fourth-order valence-electron chi connectivity index (χ4n) is 1.47. The molecular weight excluding hydrogens is 262 g/mol. The number of pyridine rings is 1. The van der Waals surface area contributed by atoms with Gasteiger partial charge < -0.3 is 0 Å². The fraction of sp³-hybridized carbons (Fsp3) is 0.0714. The van der Waals surface area contributed by atoms with Gasteiger partial charge in [-0.05, 0) is 36.8 Å². The lowest BCUT2D eigenvalue weighted by Crippen LogP contribution is -2.19. The number of aromatic nitrogens is 1. The maximum absolute atomic E-state index is 11.8. The van der Waals surface area contributed by atoms with Crippen LogP contribution in [0.1, 0.15) is 22.8 Å². The van der Waals surface area contributed by atoms with Crippen LogP contribution in [-0.2, 0) is 0 Å². The van der Waals surface area contributed by atoms with E-state index in [1.807, 2.05) is 12.1 Å². The van der Waals surface area contributed by atoms with E-state index in [0.29, 0.717) is 16.3 Å². The lowest BCUT2D eigenvalue weighted by atomic mass is 10.1. The zero-order chi connectivity index (χ0) is 13.7. The summed E-state index contributed by atoms with van der Waals surface area (Å²) >= 11 is 5.90. The molecule has 0 radical (unpaired) electrons. The van der Waals surface area contributed by atoms with E-state index in [9.17, 15) is 4.79 Å². The minimum atomic E-state index is -0.297. The molecule has 2 aromatic rings. The Bertz CT molecular complexity index is 611. The van der Waals surface area contributed by atoms with E-state index in [2.05, 4.69) is 15.5 Å². The predicted octanol–water partition coefficient (Wildman–Crippen LogP) is 2.89. The van der Waals surface area contributed by atoms with Gasteiger partial charge in [0.05, 0.1) is 11.3 Å². The standard InChI is InChI=1S/C14H12ClN3O/c1-10(11-4-2-6-13(15)8-11)17-18-14(19)12-5-3-7-16-9-12/h2-9H,1H3,(H,18,19)/b17-10+. The van der Waals surface area contributed by atoms with E-state index in [1.54, 1.807) is 37.4 Å². The van der Waals surface area contributed by atoms with Crippen LogP contribution >= 0.6 is 11.6 Å². The molecule has 1 heterocycles. The summed E-state index contributed by atoms with van der Waals surface area (Å²) in [5, 5.41) is 4.67. The van der Waals surface area contributed by atoms with Crippen molar-refractivity contribution in [2.75, 3.05) is 0 Å². The number of hydrogen-bond acceptors (Lipinski definition) is 3. The Labute approximate surface area is 116 Å². The smallest absolute Gasteiger partial charge is 0.267 e. The van der Waals surface area contributed by atoms with Crippen molar-refractivity contribution in [3.63, 3.8) is 0 Å². The number of carbonyl (C=O) groups is 1. The molecular formula is C14H12ClN3O. The third-order valence-corrected chi connectivity index (χ3v) is 2.73. The highest BCUT2D eigenvalue weighted by Crippen LogP contribution is 2.11. The average Bonchev–Trinajstić information content (AvgIpc) is 2.45. The molecule has 5 heteroatoms. The highest BCUT2D eigenvalue weighted by atomic mass is 35.5. The normalized spacial score (nSPS) is 11.2. The summed E-state index contributed by atoms with van der Waals surface area (Å²) in [4.78, 5) is 15.6. The average molecular weight is 274 g/mol. The van der Waals surface area contributed by atoms with Crippen LogP contribution in [0.2, 0.25) is 5.02 Å². The minimum absolute atomic E-state index is 0.297. The van der Waals surface area contributed by atoms with Crippen molar-refractivity contribution in [1.82, 2.24) is 10.4 Å². The zero-order valence-corrected chi connectivity index (χ0v) is 11.1. The number of hydrogen-bond donors (Lipinski definition) is 1. The zero-order valence-electron chi connectivity index (χ0n) is 10.3. The Kier molecular flexibility index (Phi) is 4.26. The third kappa shape index (κ3) is 3.63. The molecule has 96 valence electrons. The van der Waals surface area contributed by atoms with Crippen molar-refractivity contribution in [2.45, 2.75) is 6.92 Å². The van der Waals surface area contributed by atoms with Gasteiger partial charge >= 0.3 is 0 Å². The van der Waals surface area contributed by atoms with Crippen molar-refractivity contribution in [1.29, 1.82) is 0 Å². The van der Waals surface area contributed by atoms with Crippen LogP contribution in [-0.4, -0.2) is 16.6 Å². The number of hydrazone groups is 1. The molecule has 0 aliphatic rings. The van der Waals surface area contributed by atoms with Gasteiger partial charge in [-0.3, -0.25) is 9.78 Å². The molecule has 1 N–H and O–H groups in total. The van der Waals surface area contributed by atoms with Crippen molar-refractivity contribution in [3.05, 3.63) is 64.9 Å². The Morgan fingerprint density at radius 2 is 2.05 bits per heavy atom. The van der Waals surface area contributed by atoms with Gasteiger partial charge in [-0.15, -0.1) is 0 Å². The highest BCUT2D eigenvalue weighted by molar-refractivity contribution is 6.31. The highest BCUT2D eigenvalue weighted by Gasteiger charge is 2.04.